The van der Waals surface area contributed by atoms with Gasteiger partial charge in [-0.05, 0) is 23.8 Å². The minimum absolute atomic E-state index is 0. The van der Waals surface area contributed by atoms with Crippen LogP contribution in [0.1, 0.15) is 0 Å². The number of benzene rings is 3. The average Bonchev–Trinajstić information content (AvgIpc) is 2.65. The molecule has 3 rings (SSSR count). The summed E-state index contributed by atoms with van der Waals surface area (Å²) in [6.07, 6.45) is 1.81. The summed E-state index contributed by atoms with van der Waals surface area (Å²) in [7, 11) is -0.446. The van der Waals surface area contributed by atoms with E-state index < -0.39 is 7.92 Å². The fourth-order valence-corrected chi connectivity index (χ4v) is 4.48. The summed E-state index contributed by atoms with van der Waals surface area (Å²) in [6.45, 7) is 3.44. The molecule has 0 aliphatic rings. The fraction of sp³-hybridized carbons (Fsp3) is 0.0476. The van der Waals surface area contributed by atoms with Crippen molar-refractivity contribution in [1.82, 2.24) is 0 Å². The first-order valence-electron chi connectivity index (χ1n) is 7.44. The predicted octanol–water partition coefficient (Wildman–Crippen LogP) is 5.20. The van der Waals surface area contributed by atoms with Crippen molar-refractivity contribution in [2.24, 2.45) is 0 Å². The molecule has 0 aliphatic heterocycles. The van der Waals surface area contributed by atoms with E-state index in [2.05, 4.69) is 117 Å². The summed E-state index contributed by atoms with van der Waals surface area (Å²) in [6, 6.07) is 32.3. The third-order valence-electron chi connectivity index (χ3n) is 3.13. The molecule has 127 valence electrons. The summed E-state index contributed by atoms with van der Waals surface area (Å²) in [5.41, 5.74) is 0. The number of rotatable bonds is 4. The van der Waals surface area contributed by atoms with Gasteiger partial charge in [-0.25, -0.2) is 0 Å². The van der Waals surface area contributed by atoms with Crippen LogP contribution in [0.3, 0.4) is 0 Å². The fourth-order valence-electron chi connectivity index (χ4n) is 2.18. The molecule has 0 aromatic heterocycles. The van der Waals surface area contributed by atoms with Gasteiger partial charge in [0.05, 0.1) is 0 Å². The minimum Gasteiger partial charge on any atom is -0.107 e. The molecule has 0 amide bonds. The molecule has 3 aromatic rings. The molecule has 3 aromatic carbocycles. The number of allylic oxidation sites excluding steroid dienone is 1. The summed E-state index contributed by atoms with van der Waals surface area (Å²) < 4.78 is 0. The first-order chi connectivity index (χ1) is 11.4. The molecule has 0 spiro atoms. The van der Waals surface area contributed by atoms with Gasteiger partial charge in [0.25, 0.3) is 0 Å². The molecular formula is C21H21IPPd. The number of halogens is 1. The van der Waals surface area contributed by atoms with E-state index in [0.29, 0.717) is 0 Å². The second-order valence-electron chi connectivity index (χ2n) is 4.76. The molecule has 0 nitrogen and oxygen atoms in total. The van der Waals surface area contributed by atoms with E-state index >= 15 is 0 Å². The van der Waals surface area contributed by atoms with Crippen molar-refractivity contribution < 1.29 is 19.2 Å². The van der Waals surface area contributed by atoms with Crippen LogP contribution in [0.15, 0.2) is 104 Å². The summed E-state index contributed by atoms with van der Waals surface area (Å²) >= 11 is 2.92. The third-order valence-corrected chi connectivity index (χ3v) is 6.03. The normalized spacial score (nSPS) is 9.46. The van der Waals surface area contributed by atoms with Gasteiger partial charge in [0.1, 0.15) is 0 Å². The van der Waals surface area contributed by atoms with Crippen LogP contribution in [0, 0.1) is 0 Å². The summed E-state index contributed by atoms with van der Waals surface area (Å²) in [5, 5.41) is 4.19. The van der Waals surface area contributed by atoms with Crippen LogP contribution in [0.5, 0.6) is 0 Å². The standard InChI is InChI=1S/C18H15P.C3H5.HI.Pd/c1-4-10-16(11-5-1)19(17-12-6-2-7-13-17)18-14-8-3-9-15-18;1-3-2;;/h1-15H;3H,1-2H2;1H;. The molecule has 3 heteroatoms. The van der Waals surface area contributed by atoms with Gasteiger partial charge < -0.3 is 0 Å². The van der Waals surface area contributed by atoms with Crippen molar-refractivity contribution in [2.45, 2.75) is 4.89 Å². The molecular weight excluding hydrogens is 517 g/mol. The molecule has 0 saturated heterocycles. The molecule has 0 heterocycles. The first-order valence-corrected chi connectivity index (χ1v) is 9.88. The molecule has 0 N–H and O–H groups in total. The summed E-state index contributed by atoms with van der Waals surface area (Å²) in [4.78, 5) is 0.933. The van der Waals surface area contributed by atoms with Crippen molar-refractivity contribution in [3.63, 3.8) is 0 Å². The van der Waals surface area contributed by atoms with Crippen LogP contribution in [0.4, 0.5) is 0 Å². The maximum absolute atomic E-state index is 3.44. The molecule has 0 radical (unpaired) electrons. The monoisotopic (exact) mass is 537 g/mol. The maximum atomic E-state index is 3.44. The van der Waals surface area contributed by atoms with E-state index in [9.17, 15) is 0 Å². The van der Waals surface area contributed by atoms with Gasteiger partial charge in [0.15, 0.2) is 0 Å². The smallest absolute Gasteiger partial charge is 0.0134 e. The zero-order valence-corrected chi connectivity index (χ0v) is 18.1. The quantitative estimate of drug-likeness (QED) is 0.186. The maximum Gasteiger partial charge on any atom is -0.0134 e. The first kappa shape index (κ1) is 21.3. The average molecular weight is 538 g/mol. The Morgan fingerprint density at radius 2 is 0.917 bits per heavy atom. The van der Waals surface area contributed by atoms with Gasteiger partial charge >= 0.3 is 36.8 Å². The number of hydrogen-bond acceptors (Lipinski definition) is 0. The van der Waals surface area contributed by atoms with Gasteiger partial charge in [-0.1, -0.05) is 91.0 Å². The topological polar surface area (TPSA) is 0 Å². The minimum atomic E-state index is -0.446. The van der Waals surface area contributed by atoms with Crippen molar-refractivity contribution in [2.75, 3.05) is 0 Å². The van der Waals surface area contributed by atoms with Gasteiger partial charge in [-0.15, -0.1) is 24.0 Å². The van der Waals surface area contributed by atoms with Crippen molar-refractivity contribution in [3.05, 3.63) is 104 Å². The van der Waals surface area contributed by atoms with Crippen LogP contribution in [0.25, 0.3) is 0 Å². The van der Waals surface area contributed by atoms with Gasteiger partial charge in [0.2, 0.25) is 0 Å². The van der Waals surface area contributed by atoms with E-state index in [0.717, 1.165) is 4.89 Å². The molecule has 0 fully saturated rings. The molecule has 0 saturated carbocycles. The second-order valence-corrected chi connectivity index (χ2v) is 7.61. The van der Waals surface area contributed by atoms with Crippen LogP contribution < -0.4 is 15.9 Å². The number of hydrogen-bond donors (Lipinski definition) is 0. The third kappa shape index (κ3) is 6.61. The van der Waals surface area contributed by atoms with Crippen LogP contribution in [-0.4, -0.2) is 0 Å². The second kappa shape index (κ2) is 12.6. The zero-order valence-electron chi connectivity index (χ0n) is 13.3. The Kier molecular flexibility index (Phi) is 11.1. The van der Waals surface area contributed by atoms with Crippen molar-refractivity contribution in [1.29, 1.82) is 0 Å². The Balaban J connectivity index is 0.000000522. The Labute approximate surface area is 174 Å². The van der Waals surface area contributed by atoms with E-state index in [1.165, 1.54) is 15.9 Å². The van der Waals surface area contributed by atoms with Crippen LogP contribution in [-0.2, 0) is 19.2 Å². The zero-order chi connectivity index (χ0) is 16.3. The molecule has 24 heavy (non-hydrogen) atoms. The predicted molar refractivity (Wildman–Crippen MR) is 116 cm³/mol. The van der Waals surface area contributed by atoms with Crippen LogP contribution >= 0.6 is 31.9 Å². The van der Waals surface area contributed by atoms with E-state index in [1.807, 2.05) is 6.08 Å². The largest absolute Gasteiger partial charge is 0.107 e. The van der Waals surface area contributed by atoms with Crippen molar-refractivity contribution in [3.8, 4) is 0 Å². The van der Waals surface area contributed by atoms with E-state index in [-0.39, 0.29) is 24.0 Å². The molecule has 0 atom stereocenters. The van der Waals surface area contributed by atoms with Crippen LogP contribution in [0.2, 0.25) is 4.89 Å². The van der Waals surface area contributed by atoms with Gasteiger partial charge in [-0.2, -0.15) is 0 Å². The van der Waals surface area contributed by atoms with Gasteiger partial charge in [-0.3, -0.25) is 0 Å². The summed E-state index contributed by atoms with van der Waals surface area (Å²) in [5.74, 6) is 0. The van der Waals surface area contributed by atoms with E-state index in [4.69, 9.17) is 0 Å². The molecule has 0 unspecified atom stereocenters. The van der Waals surface area contributed by atoms with Crippen molar-refractivity contribution >= 4 is 47.8 Å². The Morgan fingerprint density at radius 3 is 1.12 bits per heavy atom. The Morgan fingerprint density at radius 1 is 0.667 bits per heavy atom. The molecule has 0 bridgehead atoms. The Hall–Kier alpha value is -0.778. The SMILES string of the molecule is C=C[CH2][Pd].I.c1ccc(P(c2ccccc2)c2ccccc2)cc1. The molecule has 0 aliphatic carbocycles. The Bertz CT molecular complexity index is 593. The van der Waals surface area contributed by atoms with Gasteiger partial charge in [0, 0.05) is 0 Å². The van der Waals surface area contributed by atoms with E-state index in [1.54, 1.807) is 0 Å².